The Kier molecular flexibility index (Phi) is 3.16. The van der Waals surface area contributed by atoms with Crippen LogP contribution in [-0.4, -0.2) is 4.98 Å². The molecule has 1 atom stereocenters. The van der Waals surface area contributed by atoms with Crippen LogP contribution in [-0.2, 0) is 0 Å². The highest BCUT2D eigenvalue weighted by Crippen LogP contribution is 2.32. The van der Waals surface area contributed by atoms with Gasteiger partial charge in [0.1, 0.15) is 0 Å². The molecule has 0 aliphatic carbocycles. The summed E-state index contributed by atoms with van der Waals surface area (Å²) in [6.45, 7) is 0. The lowest BCUT2D eigenvalue weighted by Gasteiger charge is -2.11. The van der Waals surface area contributed by atoms with Gasteiger partial charge in [-0.2, -0.15) is 0 Å². The van der Waals surface area contributed by atoms with Crippen LogP contribution in [0.4, 0.5) is 0 Å². The van der Waals surface area contributed by atoms with Gasteiger partial charge in [0.25, 0.3) is 0 Å². The van der Waals surface area contributed by atoms with Gasteiger partial charge in [0.15, 0.2) is 0 Å². The van der Waals surface area contributed by atoms with Gasteiger partial charge < -0.3 is 5.73 Å². The fourth-order valence-electron chi connectivity index (χ4n) is 1.97. The Bertz CT molecular complexity index is 693. The third-order valence-corrected chi connectivity index (χ3v) is 4.87. The topological polar surface area (TPSA) is 38.9 Å². The summed E-state index contributed by atoms with van der Waals surface area (Å²) in [6, 6.07) is 12.1. The Balaban J connectivity index is 2.07. The van der Waals surface area contributed by atoms with E-state index in [9.17, 15) is 0 Å². The minimum Gasteiger partial charge on any atom is -0.320 e. The van der Waals surface area contributed by atoms with Crippen molar-refractivity contribution in [2.75, 3.05) is 0 Å². The number of hydrogen-bond acceptors (Lipinski definition) is 3. The summed E-state index contributed by atoms with van der Waals surface area (Å²) in [5.74, 6) is 0. The second-order valence-electron chi connectivity index (χ2n) is 4.07. The van der Waals surface area contributed by atoms with E-state index in [0.717, 1.165) is 25.8 Å². The Morgan fingerprint density at radius 2 is 2.11 bits per heavy atom. The van der Waals surface area contributed by atoms with Gasteiger partial charge in [-0.15, -0.1) is 11.3 Å². The Morgan fingerprint density at radius 1 is 1.22 bits per heavy atom. The molecule has 0 radical (unpaired) electrons. The maximum Gasteiger partial charge on any atom is 0.0702 e. The SMILES string of the molecule is NC(c1ccc2ncccc2c1)c1sccc1Br. The summed E-state index contributed by atoms with van der Waals surface area (Å²) in [7, 11) is 0. The molecule has 1 unspecified atom stereocenters. The summed E-state index contributed by atoms with van der Waals surface area (Å²) in [5, 5.41) is 3.17. The molecule has 0 aliphatic heterocycles. The number of fused-ring (bicyclic) bond motifs is 1. The van der Waals surface area contributed by atoms with Gasteiger partial charge >= 0.3 is 0 Å². The number of nitrogens with two attached hydrogens (primary N) is 1. The summed E-state index contributed by atoms with van der Waals surface area (Å²) < 4.78 is 1.08. The molecule has 3 aromatic rings. The minimum absolute atomic E-state index is 0.0935. The predicted octanol–water partition coefficient (Wildman–Crippen LogP) is 4.11. The minimum atomic E-state index is -0.0935. The zero-order chi connectivity index (χ0) is 12.5. The molecule has 0 aliphatic rings. The maximum absolute atomic E-state index is 6.31. The molecule has 3 rings (SSSR count). The van der Waals surface area contributed by atoms with Crippen molar-refractivity contribution in [2.45, 2.75) is 6.04 Å². The molecule has 18 heavy (non-hydrogen) atoms. The van der Waals surface area contributed by atoms with Crippen LogP contribution < -0.4 is 5.73 Å². The van der Waals surface area contributed by atoms with Crippen LogP contribution in [0.25, 0.3) is 10.9 Å². The van der Waals surface area contributed by atoms with Crippen LogP contribution in [0.1, 0.15) is 16.5 Å². The molecular weight excluding hydrogens is 308 g/mol. The molecular formula is C14H11BrN2S. The number of benzene rings is 1. The number of pyridine rings is 1. The lowest BCUT2D eigenvalue weighted by molar-refractivity contribution is 0.891. The number of aromatic nitrogens is 1. The van der Waals surface area contributed by atoms with Crippen molar-refractivity contribution in [1.82, 2.24) is 4.98 Å². The molecule has 2 aromatic heterocycles. The van der Waals surface area contributed by atoms with Crippen molar-refractivity contribution in [2.24, 2.45) is 5.73 Å². The largest absolute Gasteiger partial charge is 0.320 e. The van der Waals surface area contributed by atoms with Crippen molar-refractivity contribution in [3.8, 4) is 0 Å². The first-order chi connectivity index (χ1) is 8.75. The fourth-order valence-corrected chi connectivity index (χ4v) is 3.61. The average Bonchev–Trinajstić information content (AvgIpc) is 2.83. The van der Waals surface area contributed by atoms with Crippen molar-refractivity contribution < 1.29 is 0 Å². The number of thiophene rings is 1. The van der Waals surface area contributed by atoms with Crippen molar-refractivity contribution in [3.05, 3.63) is 62.9 Å². The normalized spacial score (nSPS) is 12.8. The number of hydrogen-bond donors (Lipinski definition) is 1. The Morgan fingerprint density at radius 3 is 2.89 bits per heavy atom. The first kappa shape index (κ1) is 11.8. The fraction of sp³-hybridized carbons (Fsp3) is 0.0714. The maximum atomic E-state index is 6.31. The molecule has 0 bridgehead atoms. The van der Waals surface area contributed by atoms with E-state index in [1.54, 1.807) is 17.5 Å². The molecule has 90 valence electrons. The van der Waals surface area contributed by atoms with Crippen LogP contribution in [0.5, 0.6) is 0 Å². The van der Waals surface area contributed by atoms with E-state index < -0.39 is 0 Å². The third kappa shape index (κ3) is 2.07. The van der Waals surface area contributed by atoms with Crippen LogP contribution in [0.3, 0.4) is 0 Å². The van der Waals surface area contributed by atoms with Gasteiger partial charge in [-0.3, -0.25) is 4.98 Å². The van der Waals surface area contributed by atoms with Crippen molar-refractivity contribution in [3.63, 3.8) is 0 Å². The molecule has 2 N–H and O–H groups in total. The van der Waals surface area contributed by atoms with Crippen LogP contribution in [0.2, 0.25) is 0 Å². The molecule has 2 heterocycles. The summed E-state index contributed by atoms with van der Waals surface area (Å²) in [5.41, 5.74) is 8.42. The summed E-state index contributed by atoms with van der Waals surface area (Å²) in [6.07, 6.45) is 1.80. The van der Waals surface area contributed by atoms with Gasteiger partial charge in [-0.25, -0.2) is 0 Å². The first-order valence-electron chi connectivity index (χ1n) is 5.59. The van der Waals surface area contributed by atoms with E-state index in [-0.39, 0.29) is 6.04 Å². The number of nitrogens with zero attached hydrogens (tertiary/aromatic N) is 1. The van der Waals surface area contributed by atoms with Gasteiger partial charge in [-0.1, -0.05) is 12.1 Å². The first-order valence-corrected chi connectivity index (χ1v) is 7.26. The van der Waals surface area contributed by atoms with E-state index in [1.165, 1.54) is 0 Å². The average molecular weight is 319 g/mol. The van der Waals surface area contributed by atoms with E-state index in [0.29, 0.717) is 0 Å². The highest BCUT2D eigenvalue weighted by molar-refractivity contribution is 9.10. The number of halogens is 1. The molecule has 0 saturated carbocycles. The highest BCUT2D eigenvalue weighted by Gasteiger charge is 2.13. The number of rotatable bonds is 2. The van der Waals surface area contributed by atoms with Crippen LogP contribution in [0, 0.1) is 0 Å². The molecule has 0 amide bonds. The zero-order valence-electron chi connectivity index (χ0n) is 9.51. The quantitative estimate of drug-likeness (QED) is 0.772. The van der Waals surface area contributed by atoms with Crippen LogP contribution >= 0.6 is 27.3 Å². The summed E-state index contributed by atoms with van der Waals surface area (Å²) in [4.78, 5) is 5.47. The van der Waals surface area contributed by atoms with Gasteiger partial charge in [0, 0.05) is 20.9 Å². The van der Waals surface area contributed by atoms with E-state index in [1.807, 2.05) is 29.6 Å². The van der Waals surface area contributed by atoms with Gasteiger partial charge in [0.2, 0.25) is 0 Å². The molecule has 0 spiro atoms. The second-order valence-corrected chi connectivity index (χ2v) is 5.87. The standard InChI is InChI=1S/C14H11BrN2S/c15-11-5-7-18-14(11)13(16)10-3-4-12-9(8-10)2-1-6-17-12/h1-8,13H,16H2. The van der Waals surface area contributed by atoms with Crippen molar-refractivity contribution in [1.29, 1.82) is 0 Å². The van der Waals surface area contributed by atoms with Crippen LogP contribution in [0.15, 0.2) is 52.4 Å². The monoisotopic (exact) mass is 318 g/mol. The Hall–Kier alpha value is -1.23. The third-order valence-electron chi connectivity index (χ3n) is 2.91. The van der Waals surface area contributed by atoms with Gasteiger partial charge in [0.05, 0.1) is 11.6 Å². The van der Waals surface area contributed by atoms with Crippen molar-refractivity contribution >= 4 is 38.2 Å². The predicted molar refractivity (Wildman–Crippen MR) is 79.8 cm³/mol. The zero-order valence-corrected chi connectivity index (χ0v) is 11.9. The molecule has 1 aromatic carbocycles. The van der Waals surface area contributed by atoms with E-state index in [2.05, 4.69) is 33.0 Å². The smallest absolute Gasteiger partial charge is 0.0702 e. The molecule has 0 fully saturated rings. The van der Waals surface area contributed by atoms with E-state index in [4.69, 9.17) is 5.73 Å². The van der Waals surface area contributed by atoms with E-state index >= 15 is 0 Å². The highest BCUT2D eigenvalue weighted by atomic mass is 79.9. The van der Waals surface area contributed by atoms with Gasteiger partial charge in [-0.05, 0) is 51.1 Å². The molecule has 0 saturated heterocycles. The summed E-state index contributed by atoms with van der Waals surface area (Å²) >= 11 is 5.20. The Labute approximate surface area is 118 Å². The second kappa shape index (κ2) is 4.80. The molecule has 2 nitrogen and oxygen atoms in total. The lowest BCUT2D eigenvalue weighted by Crippen LogP contribution is -2.10. The lowest BCUT2D eigenvalue weighted by atomic mass is 10.0. The molecule has 4 heteroatoms.